The number of hydrogen-bond acceptors (Lipinski definition) is 2. The van der Waals surface area contributed by atoms with Crippen molar-refractivity contribution in [1.29, 1.82) is 0 Å². The maximum absolute atomic E-state index is 4.32. The molecule has 0 unspecified atom stereocenters. The summed E-state index contributed by atoms with van der Waals surface area (Å²) in [5, 5.41) is 6.87. The fraction of sp³-hybridized carbons (Fsp3) is 0.600. The first-order chi connectivity index (χ1) is 9.38. The Labute approximate surface area is 115 Å². The monoisotopic (exact) mass is 260 g/mol. The summed E-state index contributed by atoms with van der Waals surface area (Å²) >= 11 is 0. The predicted octanol–water partition coefficient (Wildman–Crippen LogP) is 2.12. The number of nitrogens with zero attached hydrogens (tertiary/aromatic N) is 2. The smallest absolute Gasteiger partial charge is 0.191 e. The number of hydrogen-bond donors (Lipinski definition) is 2. The summed E-state index contributed by atoms with van der Waals surface area (Å²) in [6.45, 7) is 0.864. The van der Waals surface area contributed by atoms with Gasteiger partial charge in [0.2, 0.25) is 0 Å². The first-order valence-corrected chi connectivity index (χ1v) is 7.25. The van der Waals surface area contributed by atoms with Crippen LogP contribution in [0.3, 0.4) is 0 Å². The van der Waals surface area contributed by atoms with Gasteiger partial charge in [-0.3, -0.25) is 9.98 Å². The van der Waals surface area contributed by atoms with Gasteiger partial charge in [0.05, 0.1) is 0 Å². The second kappa shape index (κ2) is 7.77. The SMILES string of the molecule is CN=C(NCCc1ccccn1)NC1CCCCC1. The number of aromatic nitrogens is 1. The first kappa shape index (κ1) is 13.8. The molecule has 1 saturated carbocycles. The van der Waals surface area contributed by atoms with E-state index in [4.69, 9.17) is 0 Å². The molecular weight excluding hydrogens is 236 g/mol. The van der Waals surface area contributed by atoms with Crippen molar-refractivity contribution in [3.05, 3.63) is 30.1 Å². The normalized spacial score (nSPS) is 17.2. The maximum Gasteiger partial charge on any atom is 0.191 e. The molecule has 1 fully saturated rings. The molecule has 4 nitrogen and oxygen atoms in total. The van der Waals surface area contributed by atoms with Gasteiger partial charge in [0, 0.05) is 37.9 Å². The van der Waals surface area contributed by atoms with Gasteiger partial charge in [0.15, 0.2) is 5.96 Å². The van der Waals surface area contributed by atoms with Crippen molar-refractivity contribution in [2.24, 2.45) is 4.99 Å². The van der Waals surface area contributed by atoms with Crippen LogP contribution in [0.2, 0.25) is 0 Å². The van der Waals surface area contributed by atoms with E-state index in [1.54, 1.807) is 0 Å². The van der Waals surface area contributed by atoms with E-state index in [1.807, 2.05) is 25.4 Å². The Bertz CT molecular complexity index is 382. The van der Waals surface area contributed by atoms with E-state index in [1.165, 1.54) is 32.1 Å². The quantitative estimate of drug-likeness (QED) is 0.644. The van der Waals surface area contributed by atoms with Crippen LogP contribution in [0, 0.1) is 0 Å². The Morgan fingerprint density at radius 1 is 1.32 bits per heavy atom. The summed E-state index contributed by atoms with van der Waals surface area (Å²) in [5.74, 6) is 0.919. The Balaban J connectivity index is 1.70. The highest BCUT2D eigenvalue weighted by Crippen LogP contribution is 2.17. The molecule has 0 aromatic carbocycles. The molecule has 0 radical (unpaired) electrons. The second-order valence-corrected chi connectivity index (χ2v) is 5.05. The number of guanidine groups is 1. The van der Waals surface area contributed by atoms with Gasteiger partial charge in [-0.05, 0) is 25.0 Å². The Morgan fingerprint density at radius 2 is 2.16 bits per heavy atom. The third-order valence-corrected chi connectivity index (χ3v) is 3.57. The number of pyridine rings is 1. The van der Waals surface area contributed by atoms with E-state index in [0.717, 1.165) is 24.6 Å². The van der Waals surface area contributed by atoms with Crippen molar-refractivity contribution < 1.29 is 0 Å². The van der Waals surface area contributed by atoms with Crippen molar-refractivity contribution in [3.8, 4) is 0 Å². The lowest BCUT2D eigenvalue weighted by Crippen LogP contribution is -2.44. The average molecular weight is 260 g/mol. The van der Waals surface area contributed by atoms with Crippen LogP contribution >= 0.6 is 0 Å². The zero-order valence-corrected chi connectivity index (χ0v) is 11.7. The summed E-state index contributed by atoms with van der Waals surface area (Å²) in [5.41, 5.74) is 1.11. The van der Waals surface area contributed by atoms with Gasteiger partial charge in [0.1, 0.15) is 0 Å². The second-order valence-electron chi connectivity index (χ2n) is 5.05. The minimum absolute atomic E-state index is 0.592. The molecule has 104 valence electrons. The molecule has 0 bridgehead atoms. The highest BCUT2D eigenvalue weighted by atomic mass is 15.2. The van der Waals surface area contributed by atoms with Crippen LogP contribution in [0.4, 0.5) is 0 Å². The van der Waals surface area contributed by atoms with E-state index in [0.29, 0.717) is 6.04 Å². The van der Waals surface area contributed by atoms with Gasteiger partial charge in [-0.25, -0.2) is 0 Å². The van der Waals surface area contributed by atoms with Gasteiger partial charge in [-0.15, -0.1) is 0 Å². The molecular formula is C15H24N4. The summed E-state index contributed by atoms with van der Waals surface area (Å²) in [4.78, 5) is 8.60. The Hall–Kier alpha value is -1.58. The van der Waals surface area contributed by atoms with Crippen molar-refractivity contribution in [3.63, 3.8) is 0 Å². The number of nitrogens with one attached hydrogen (secondary N) is 2. The van der Waals surface area contributed by atoms with Crippen LogP contribution in [0.15, 0.2) is 29.4 Å². The number of aliphatic imine (C=N–C) groups is 1. The number of rotatable bonds is 4. The van der Waals surface area contributed by atoms with E-state index in [-0.39, 0.29) is 0 Å². The molecule has 1 heterocycles. The van der Waals surface area contributed by atoms with Crippen LogP contribution in [-0.4, -0.2) is 30.6 Å². The van der Waals surface area contributed by atoms with Crippen LogP contribution < -0.4 is 10.6 Å². The third kappa shape index (κ3) is 4.89. The van der Waals surface area contributed by atoms with Gasteiger partial charge < -0.3 is 10.6 Å². The molecule has 1 aromatic rings. The minimum Gasteiger partial charge on any atom is -0.356 e. The van der Waals surface area contributed by atoms with E-state index >= 15 is 0 Å². The van der Waals surface area contributed by atoms with Crippen LogP contribution in [-0.2, 0) is 6.42 Å². The summed E-state index contributed by atoms with van der Waals surface area (Å²) < 4.78 is 0. The van der Waals surface area contributed by atoms with Gasteiger partial charge >= 0.3 is 0 Å². The molecule has 1 aromatic heterocycles. The van der Waals surface area contributed by atoms with E-state index in [2.05, 4.69) is 26.7 Å². The standard InChI is InChI=1S/C15H24N4/c1-16-15(19-14-8-3-2-4-9-14)18-12-10-13-7-5-6-11-17-13/h5-7,11,14H,2-4,8-10,12H2,1H3,(H2,16,18,19). The highest BCUT2D eigenvalue weighted by Gasteiger charge is 2.14. The lowest BCUT2D eigenvalue weighted by molar-refractivity contribution is 0.410. The molecule has 1 aliphatic carbocycles. The first-order valence-electron chi connectivity index (χ1n) is 7.25. The topological polar surface area (TPSA) is 49.3 Å². The largest absolute Gasteiger partial charge is 0.356 e. The summed E-state index contributed by atoms with van der Waals surface area (Å²) in [7, 11) is 1.83. The van der Waals surface area contributed by atoms with Crippen molar-refractivity contribution in [2.45, 2.75) is 44.6 Å². The Kier molecular flexibility index (Phi) is 5.66. The molecule has 0 aliphatic heterocycles. The molecule has 2 rings (SSSR count). The fourth-order valence-electron chi connectivity index (χ4n) is 2.49. The zero-order chi connectivity index (χ0) is 13.3. The molecule has 0 atom stereocenters. The molecule has 2 N–H and O–H groups in total. The lowest BCUT2D eigenvalue weighted by Gasteiger charge is -2.24. The van der Waals surface area contributed by atoms with E-state index in [9.17, 15) is 0 Å². The zero-order valence-electron chi connectivity index (χ0n) is 11.7. The summed E-state index contributed by atoms with van der Waals surface area (Å²) in [6, 6.07) is 6.62. The fourth-order valence-corrected chi connectivity index (χ4v) is 2.49. The third-order valence-electron chi connectivity index (χ3n) is 3.57. The van der Waals surface area contributed by atoms with Gasteiger partial charge in [-0.2, -0.15) is 0 Å². The highest BCUT2D eigenvalue weighted by molar-refractivity contribution is 5.79. The molecule has 0 spiro atoms. The molecule has 19 heavy (non-hydrogen) atoms. The molecule has 4 heteroatoms. The minimum atomic E-state index is 0.592. The van der Waals surface area contributed by atoms with Crippen LogP contribution in [0.1, 0.15) is 37.8 Å². The van der Waals surface area contributed by atoms with Crippen LogP contribution in [0.5, 0.6) is 0 Å². The average Bonchev–Trinajstić information content (AvgIpc) is 2.48. The molecule has 0 amide bonds. The van der Waals surface area contributed by atoms with Crippen LogP contribution in [0.25, 0.3) is 0 Å². The van der Waals surface area contributed by atoms with Crippen molar-refractivity contribution in [1.82, 2.24) is 15.6 Å². The van der Waals surface area contributed by atoms with Crippen molar-refractivity contribution >= 4 is 5.96 Å². The van der Waals surface area contributed by atoms with Gasteiger partial charge in [0.25, 0.3) is 0 Å². The maximum atomic E-state index is 4.32. The molecule has 0 saturated heterocycles. The van der Waals surface area contributed by atoms with Crippen molar-refractivity contribution in [2.75, 3.05) is 13.6 Å². The molecule has 1 aliphatic rings. The Morgan fingerprint density at radius 3 is 2.84 bits per heavy atom. The predicted molar refractivity (Wildman–Crippen MR) is 79.3 cm³/mol. The lowest BCUT2D eigenvalue weighted by atomic mass is 9.96. The van der Waals surface area contributed by atoms with E-state index < -0.39 is 0 Å². The van der Waals surface area contributed by atoms with Gasteiger partial charge in [-0.1, -0.05) is 25.3 Å². The summed E-state index contributed by atoms with van der Waals surface area (Å²) in [6.07, 6.45) is 9.34.